The van der Waals surface area contributed by atoms with Gasteiger partial charge in [-0.2, -0.15) is 4.98 Å². The standard InChI is InChI=1S/C28H33ClF2N6O3/c1-3-37-21-7-6-18(33-25-20(29)10-32-27(35-25)36-11-15(2)8-16(12-36)13-38)9-19(21)22-23(26(37)39)40-14-28(30,31)24(34-22)17-4-5-17/h6-7,9-10,15-17,24,34,38H,3-5,8,11-14H2,1-2H3,(H,32,33,35)/t15-,16+,24-/m0/s1. The molecule has 4 heterocycles. The summed E-state index contributed by atoms with van der Waals surface area (Å²) in [6, 6.07) is 4.27. The lowest BCUT2D eigenvalue weighted by Crippen LogP contribution is -2.44. The van der Waals surface area contributed by atoms with E-state index in [2.05, 4.69) is 32.4 Å². The van der Waals surface area contributed by atoms with Gasteiger partial charge in [0.2, 0.25) is 11.7 Å². The molecule has 214 valence electrons. The first kappa shape index (κ1) is 27.0. The summed E-state index contributed by atoms with van der Waals surface area (Å²) < 4.78 is 37.1. The van der Waals surface area contributed by atoms with Gasteiger partial charge >= 0.3 is 5.92 Å². The number of fused-ring (bicyclic) bond motifs is 3. The molecule has 0 spiro atoms. The van der Waals surface area contributed by atoms with Crippen LogP contribution in [0.3, 0.4) is 0 Å². The Bertz CT molecular complexity index is 1500. The minimum Gasteiger partial charge on any atom is -0.480 e. The van der Waals surface area contributed by atoms with E-state index in [0.29, 0.717) is 65.2 Å². The minimum atomic E-state index is -3.11. The van der Waals surface area contributed by atoms with E-state index in [-0.39, 0.29) is 29.9 Å². The monoisotopic (exact) mass is 574 g/mol. The summed E-state index contributed by atoms with van der Waals surface area (Å²) in [7, 11) is 0. The van der Waals surface area contributed by atoms with Crippen molar-refractivity contribution in [3.8, 4) is 5.75 Å². The number of anilines is 4. The Morgan fingerprint density at radius 3 is 2.83 bits per heavy atom. The molecule has 1 saturated heterocycles. The maximum atomic E-state index is 15.0. The van der Waals surface area contributed by atoms with E-state index in [1.165, 1.54) is 4.57 Å². The van der Waals surface area contributed by atoms with Crippen LogP contribution in [0.15, 0.2) is 29.2 Å². The van der Waals surface area contributed by atoms with Crippen LogP contribution in [0.5, 0.6) is 5.75 Å². The van der Waals surface area contributed by atoms with E-state index >= 15 is 8.78 Å². The zero-order valence-corrected chi connectivity index (χ0v) is 23.2. The van der Waals surface area contributed by atoms with Crippen LogP contribution in [0.25, 0.3) is 10.9 Å². The first-order chi connectivity index (χ1) is 19.2. The third-order valence-corrected chi connectivity index (χ3v) is 8.35. The summed E-state index contributed by atoms with van der Waals surface area (Å²) in [6.45, 7) is 5.00. The largest absolute Gasteiger partial charge is 0.480 e. The number of hydrogen-bond donors (Lipinski definition) is 3. The number of nitrogens with one attached hydrogen (secondary N) is 2. The number of rotatable bonds is 6. The normalized spacial score (nSPS) is 24.1. The maximum Gasteiger partial charge on any atom is 0.301 e. The van der Waals surface area contributed by atoms with Gasteiger partial charge in [0.25, 0.3) is 5.56 Å². The molecule has 2 aliphatic heterocycles. The highest BCUT2D eigenvalue weighted by atomic mass is 35.5. The van der Waals surface area contributed by atoms with Crippen molar-refractivity contribution < 1.29 is 18.6 Å². The van der Waals surface area contributed by atoms with E-state index in [1.807, 2.05) is 6.92 Å². The van der Waals surface area contributed by atoms with Gasteiger partial charge < -0.3 is 29.9 Å². The highest BCUT2D eigenvalue weighted by Gasteiger charge is 2.51. The van der Waals surface area contributed by atoms with E-state index < -0.39 is 24.1 Å². The molecule has 1 aromatic carbocycles. The number of aliphatic hydroxyl groups excluding tert-OH is 1. The second kappa shape index (κ2) is 10.3. The van der Waals surface area contributed by atoms with Crippen molar-refractivity contribution in [1.82, 2.24) is 14.5 Å². The number of aliphatic hydroxyl groups is 1. The van der Waals surface area contributed by atoms with Crippen LogP contribution in [0, 0.1) is 17.8 Å². The zero-order valence-electron chi connectivity index (χ0n) is 22.5. The summed E-state index contributed by atoms with van der Waals surface area (Å²) >= 11 is 6.48. The van der Waals surface area contributed by atoms with Gasteiger partial charge in [0.1, 0.15) is 5.02 Å². The van der Waals surface area contributed by atoms with Crippen molar-refractivity contribution >= 4 is 45.6 Å². The Morgan fingerprint density at radius 1 is 1.30 bits per heavy atom. The van der Waals surface area contributed by atoms with Crippen LogP contribution >= 0.6 is 11.6 Å². The minimum absolute atomic E-state index is 0.0886. The third kappa shape index (κ3) is 4.94. The second-order valence-electron chi connectivity index (χ2n) is 11.3. The number of benzene rings is 1. The van der Waals surface area contributed by atoms with Crippen LogP contribution < -0.4 is 25.8 Å². The summed E-state index contributed by atoms with van der Waals surface area (Å²) in [4.78, 5) is 24.4. The molecule has 40 heavy (non-hydrogen) atoms. The molecule has 1 aliphatic carbocycles. The van der Waals surface area contributed by atoms with Gasteiger partial charge in [0, 0.05) is 37.3 Å². The quantitative estimate of drug-likeness (QED) is 0.383. The molecule has 9 nitrogen and oxygen atoms in total. The predicted octanol–water partition coefficient (Wildman–Crippen LogP) is 4.88. The molecule has 0 radical (unpaired) electrons. The van der Waals surface area contributed by atoms with Gasteiger partial charge in [-0.3, -0.25) is 4.79 Å². The fraction of sp³-hybridized carbons (Fsp3) is 0.536. The molecule has 3 aliphatic rings. The van der Waals surface area contributed by atoms with Crippen molar-refractivity contribution in [1.29, 1.82) is 0 Å². The predicted molar refractivity (Wildman–Crippen MR) is 151 cm³/mol. The van der Waals surface area contributed by atoms with Crippen molar-refractivity contribution in [2.75, 3.05) is 41.8 Å². The number of aromatic nitrogens is 3. The lowest BCUT2D eigenvalue weighted by atomic mass is 9.91. The van der Waals surface area contributed by atoms with Crippen LogP contribution in [0.4, 0.5) is 31.9 Å². The van der Waals surface area contributed by atoms with Crippen molar-refractivity contribution in [3.05, 3.63) is 39.8 Å². The maximum absolute atomic E-state index is 15.0. The third-order valence-electron chi connectivity index (χ3n) is 8.08. The van der Waals surface area contributed by atoms with Crippen molar-refractivity contribution in [3.63, 3.8) is 0 Å². The lowest BCUT2D eigenvalue weighted by molar-refractivity contribution is -0.0579. The van der Waals surface area contributed by atoms with Crippen LogP contribution in [0.1, 0.15) is 33.1 Å². The van der Waals surface area contributed by atoms with Crippen LogP contribution in [-0.2, 0) is 6.54 Å². The first-order valence-electron chi connectivity index (χ1n) is 13.8. The molecular weight excluding hydrogens is 542 g/mol. The van der Waals surface area contributed by atoms with Crippen molar-refractivity contribution in [2.45, 2.75) is 51.6 Å². The molecule has 3 aromatic rings. The van der Waals surface area contributed by atoms with Gasteiger partial charge in [-0.25, -0.2) is 13.8 Å². The van der Waals surface area contributed by atoms with Gasteiger partial charge in [0.05, 0.1) is 23.4 Å². The van der Waals surface area contributed by atoms with Gasteiger partial charge in [0.15, 0.2) is 12.4 Å². The van der Waals surface area contributed by atoms with Crippen LogP contribution in [-0.4, -0.2) is 57.9 Å². The SMILES string of the molecule is CCn1c(=O)c2c(c3cc(Nc4nc(N5C[C@@H](C)C[C@@H](CO)C5)ncc4Cl)ccc31)N[C@@H](C1CC1)C(F)(F)CO2. The van der Waals surface area contributed by atoms with Crippen LogP contribution in [0.2, 0.25) is 5.02 Å². The molecule has 1 saturated carbocycles. The smallest absolute Gasteiger partial charge is 0.301 e. The topological polar surface area (TPSA) is 105 Å². The highest BCUT2D eigenvalue weighted by Crippen LogP contribution is 2.45. The lowest BCUT2D eigenvalue weighted by Gasteiger charge is -2.35. The average Bonchev–Trinajstić information content (AvgIpc) is 3.77. The Kier molecular flexibility index (Phi) is 6.98. The first-order valence-corrected chi connectivity index (χ1v) is 14.2. The molecule has 0 bridgehead atoms. The fourth-order valence-electron chi connectivity index (χ4n) is 6.02. The van der Waals surface area contributed by atoms with E-state index in [1.54, 1.807) is 24.4 Å². The molecule has 0 amide bonds. The Balaban J connectivity index is 1.39. The molecule has 2 fully saturated rings. The highest BCUT2D eigenvalue weighted by molar-refractivity contribution is 6.33. The van der Waals surface area contributed by atoms with E-state index in [9.17, 15) is 9.90 Å². The zero-order chi connectivity index (χ0) is 28.2. The molecule has 6 rings (SSSR count). The van der Waals surface area contributed by atoms with Gasteiger partial charge in [-0.15, -0.1) is 0 Å². The van der Waals surface area contributed by atoms with Crippen molar-refractivity contribution in [2.24, 2.45) is 17.8 Å². The van der Waals surface area contributed by atoms with E-state index in [4.69, 9.17) is 16.3 Å². The fourth-order valence-corrected chi connectivity index (χ4v) is 6.16. The number of ether oxygens (including phenoxy) is 1. The molecule has 2 aromatic heterocycles. The van der Waals surface area contributed by atoms with E-state index in [0.717, 1.165) is 13.0 Å². The number of halogens is 3. The Morgan fingerprint density at radius 2 is 2.10 bits per heavy atom. The summed E-state index contributed by atoms with van der Waals surface area (Å²) in [5.41, 5.74) is 1.07. The second-order valence-corrected chi connectivity index (χ2v) is 11.7. The van der Waals surface area contributed by atoms with Gasteiger partial charge in [-0.05, 0) is 62.1 Å². The number of piperidine rings is 1. The molecular formula is C28H33ClF2N6O3. The number of hydrogen-bond acceptors (Lipinski definition) is 8. The molecule has 12 heteroatoms. The summed E-state index contributed by atoms with van der Waals surface area (Å²) in [6.07, 6.45) is 3.91. The Hall–Kier alpha value is -3.18. The summed E-state index contributed by atoms with van der Waals surface area (Å²) in [5, 5.41) is 16.9. The molecule has 3 N–H and O–H groups in total. The summed E-state index contributed by atoms with van der Waals surface area (Å²) in [5.74, 6) is -1.94. The van der Waals surface area contributed by atoms with Gasteiger partial charge in [-0.1, -0.05) is 18.5 Å². The molecule has 0 unspecified atom stereocenters. The average molecular weight is 575 g/mol. The number of alkyl halides is 2. The molecule has 3 atom stereocenters. The number of pyridine rings is 1. The Labute approximate surface area is 235 Å². The number of aryl methyl sites for hydroxylation is 1. The number of nitrogens with zero attached hydrogens (tertiary/aromatic N) is 4.